The van der Waals surface area contributed by atoms with E-state index in [2.05, 4.69) is 65.0 Å². The summed E-state index contributed by atoms with van der Waals surface area (Å²) >= 11 is 1.73. The largest absolute Gasteiger partial charge is 0.305 e. The molecule has 3 aromatic rings. The molecule has 3 rings (SSSR count). The van der Waals surface area contributed by atoms with Gasteiger partial charge in [0.2, 0.25) is 0 Å². The normalized spacial score (nSPS) is 12.3. The summed E-state index contributed by atoms with van der Waals surface area (Å²) in [7, 11) is 2.03. The lowest BCUT2D eigenvalue weighted by Crippen LogP contribution is -1.97. The molecule has 1 aromatic heterocycles. The molecule has 1 heterocycles. The van der Waals surface area contributed by atoms with Crippen molar-refractivity contribution in [2.24, 2.45) is 7.05 Å². The summed E-state index contributed by atoms with van der Waals surface area (Å²) in [6, 6.07) is 18.8. The SMILES string of the molecule is Cc1ccccc1-c1nnc(S[C@@H](C)c2ccccc2)n1C. The van der Waals surface area contributed by atoms with Gasteiger partial charge in [-0.2, -0.15) is 0 Å². The van der Waals surface area contributed by atoms with Gasteiger partial charge in [-0.3, -0.25) is 0 Å². The standard InChI is InChI=1S/C18H19N3S/c1-13-9-7-8-12-16(13)17-19-20-18(21(17)3)22-14(2)15-10-5-4-6-11-15/h4-12,14H,1-3H3/t14-/m0/s1. The number of hydrogen-bond acceptors (Lipinski definition) is 3. The van der Waals surface area contributed by atoms with Crippen LogP contribution in [0.1, 0.15) is 23.3 Å². The van der Waals surface area contributed by atoms with Crippen molar-refractivity contribution in [3.8, 4) is 11.4 Å². The molecule has 0 aliphatic heterocycles. The Hall–Kier alpha value is -2.07. The average Bonchev–Trinajstić information content (AvgIpc) is 2.90. The van der Waals surface area contributed by atoms with Crippen molar-refractivity contribution >= 4 is 11.8 Å². The van der Waals surface area contributed by atoms with Gasteiger partial charge >= 0.3 is 0 Å². The molecular formula is C18H19N3S. The molecule has 0 spiro atoms. The minimum Gasteiger partial charge on any atom is -0.305 e. The zero-order valence-corrected chi connectivity index (χ0v) is 13.8. The van der Waals surface area contributed by atoms with Gasteiger partial charge in [-0.05, 0) is 25.0 Å². The van der Waals surface area contributed by atoms with Gasteiger partial charge < -0.3 is 4.57 Å². The quantitative estimate of drug-likeness (QED) is 0.658. The molecule has 22 heavy (non-hydrogen) atoms. The highest BCUT2D eigenvalue weighted by atomic mass is 32.2. The van der Waals surface area contributed by atoms with Crippen LogP contribution in [0.25, 0.3) is 11.4 Å². The summed E-state index contributed by atoms with van der Waals surface area (Å²) in [5.41, 5.74) is 3.65. The maximum Gasteiger partial charge on any atom is 0.191 e. The van der Waals surface area contributed by atoms with E-state index in [1.54, 1.807) is 11.8 Å². The third-order valence-corrected chi connectivity index (χ3v) is 4.96. The molecule has 0 unspecified atom stereocenters. The molecule has 0 saturated carbocycles. The second-order valence-electron chi connectivity index (χ2n) is 5.35. The zero-order valence-electron chi connectivity index (χ0n) is 13.0. The summed E-state index contributed by atoms with van der Waals surface area (Å²) < 4.78 is 2.08. The number of aromatic nitrogens is 3. The van der Waals surface area contributed by atoms with Crippen molar-refractivity contribution in [1.82, 2.24) is 14.8 Å². The lowest BCUT2D eigenvalue weighted by atomic mass is 10.1. The second kappa shape index (κ2) is 6.36. The van der Waals surface area contributed by atoms with Gasteiger partial charge in [0.05, 0.1) is 0 Å². The maximum absolute atomic E-state index is 4.39. The van der Waals surface area contributed by atoms with Gasteiger partial charge in [0.15, 0.2) is 11.0 Å². The molecule has 0 radical (unpaired) electrons. The molecule has 4 heteroatoms. The molecule has 0 bridgehead atoms. The first-order valence-corrected chi connectivity index (χ1v) is 8.22. The van der Waals surface area contributed by atoms with Gasteiger partial charge in [-0.25, -0.2) is 0 Å². The molecule has 0 aliphatic carbocycles. The molecule has 0 N–H and O–H groups in total. The summed E-state index contributed by atoms with van der Waals surface area (Å²) in [5, 5.41) is 10.0. The van der Waals surface area contributed by atoms with E-state index in [1.807, 2.05) is 25.2 Å². The molecule has 3 nitrogen and oxygen atoms in total. The van der Waals surface area contributed by atoms with E-state index in [4.69, 9.17) is 0 Å². The number of benzene rings is 2. The van der Waals surface area contributed by atoms with Crippen molar-refractivity contribution in [1.29, 1.82) is 0 Å². The van der Waals surface area contributed by atoms with Gasteiger partial charge in [0.1, 0.15) is 0 Å². The van der Waals surface area contributed by atoms with Crippen LogP contribution in [-0.4, -0.2) is 14.8 Å². The Balaban J connectivity index is 1.87. The minimum atomic E-state index is 0.342. The van der Waals surface area contributed by atoms with Gasteiger partial charge in [-0.15, -0.1) is 10.2 Å². The first kappa shape index (κ1) is 14.9. The molecule has 0 aliphatic rings. The predicted octanol–water partition coefficient (Wildman–Crippen LogP) is 4.64. The highest BCUT2D eigenvalue weighted by Gasteiger charge is 2.16. The van der Waals surface area contributed by atoms with Gasteiger partial charge in [0, 0.05) is 17.9 Å². The van der Waals surface area contributed by atoms with Crippen LogP contribution in [0.5, 0.6) is 0 Å². The van der Waals surface area contributed by atoms with E-state index < -0.39 is 0 Å². The fourth-order valence-electron chi connectivity index (χ4n) is 2.43. The molecule has 0 saturated heterocycles. The van der Waals surface area contributed by atoms with Gasteiger partial charge in [-0.1, -0.05) is 66.4 Å². The molecule has 0 fully saturated rings. The Morgan fingerprint density at radius 2 is 1.64 bits per heavy atom. The Morgan fingerprint density at radius 3 is 2.36 bits per heavy atom. The monoisotopic (exact) mass is 309 g/mol. The van der Waals surface area contributed by atoms with Crippen LogP contribution in [0.4, 0.5) is 0 Å². The molecule has 0 amide bonds. The van der Waals surface area contributed by atoms with E-state index in [0.717, 1.165) is 16.5 Å². The molecular weight excluding hydrogens is 290 g/mol. The lowest BCUT2D eigenvalue weighted by Gasteiger charge is -2.11. The van der Waals surface area contributed by atoms with Crippen LogP contribution in [-0.2, 0) is 7.05 Å². The number of thioether (sulfide) groups is 1. The molecule has 2 aromatic carbocycles. The topological polar surface area (TPSA) is 30.7 Å². The summed E-state index contributed by atoms with van der Waals surface area (Å²) in [6.45, 7) is 4.30. The average molecular weight is 309 g/mol. The number of nitrogens with zero attached hydrogens (tertiary/aromatic N) is 3. The Morgan fingerprint density at radius 1 is 0.955 bits per heavy atom. The van der Waals surface area contributed by atoms with E-state index in [9.17, 15) is 0 Å². The van der Waals surface area contributed by atoms with Crippen molar-refractivity contribution in [3.63, 3.8) is 0 Å². The van der Waals surface area contributed by atoms with Crippen molar-refractivity contribution in [3.05, 3.63) is 65.7 Å². The van der Waals surface area contributed by atoms with E-state index in [0.29, 0.717) is 5.25 Å². The first-order valence-electron chi connectivity index (χ1n) is 7.34. The number of rotatable bonds is 4. The summed E-state index contributed by atoms with van der Waals surface area (Å²) in [5.74, 6) is 0.917. The molecule has 112 valence electrons. The fourth-order valence-corrected chi connectivity index (χ4v) is 3.37. The number of hydrogen-bond donors (Lipinski definition) is 0. The maximum atomic E-state index is 4.39. The third kappa shape index (κ3) is 2.92. The van der Waals surface area contributed by atoms with Crippen LogP contribution in [0.15, 0.2) is 59.8 Å². The zero-order chi connectivity index (χ0) is 15.5. The smallest absolute Gasteiger partial charge is 0.191 e. The predicted molar refractivity (Wildman–Crippen MR) is 91.9 cm³/mol. The highest BCUT2D eigenvalue weighted by molar-refractivity contribution is 7.99. The van der Waals surface area contributed by atoms with Crippen LogP contribution in [0.2, 0.25) is 0 Å². The first-order chi connectivity index (χ1) is 10.7. The van der Waals surface area contributed by atoms with Crippen LogP contribution in [0, 0.1) is 6.92 Å². The number of aryl methyl sites for hydroxylation is 1. The van der Waals surface area contributed by atoms with Crippen LogP contribution >= 0.6 is 11.8 Å². The third-order valence-electron chi connectivity index (χ3n) is 3.77. The van der Waals surface area contributed by atoms with E-state index in [-0.39, 0.29) is 0 Å². The summed E-state index contributed by atoms with van der Waals surface area (Å²) in [6.07, 6.45) is 0. The highest BCUT2D eigenvalue weighted by Crippen LogP contribution is 2.34. The fraction of sp³-hybridized carbons (Fsp3) is 0.222. The lowest BCUT2D eigenvalue weighted by molar-refractivity contribution is 0.789. The Labute approximate surface area is 135 Å². The second-order valence-corrected chi connectivity index (χ2v) is 6.66. The van der Waals surface area contributed by atoms with E-state index >= 15 is 0 Å². The Bertz CT molecular complexity index is 765. The Kier molecular flexibility index (Phi) is 4.29. The van der Waals surface area contributed by atoms with Crippen molar-refractivity contribution in [2.45, 2.75) is 24.3 Å². The van der Waals surface area contributed by atoms with Crippen LogP contribution in [0.3, 0.4) is 0 Å². The summed E-state index contributed by atoms with van der Waals surface area (Å²) in [4.78, 5) is 0. The van der Waals surface area contributed by atoms with Gasteiger partial charge in [0.25, 0.3) is 0 Å². The van der Waals surface area contributed by atoms with Crippen molar-refractivity contribution < 1.29 is 0 Å². The minimum absolute atomic E-state index is 0.342. The van der Waals surface area contributed by atoms with Crippen LogP contribution < -0.4 is 0 Å². The van der Waals surface area contributed by atoms with Crippen molar-refractivity contribution in [2.75, 3.05) is 0 Å². The van der Waals surface area contributed by atoms with E-state index in [1.165, 1.54) is 11.1 Å². The molecule has 1 atom stereocenters.